The van der Waals surface area contributed by atoms with E-state index in [0.717, 1.165) is 5.56 Å². The summed E-state index contributed by atoms with van der Waals surface area (Å²) in [6.07, 6.45) is 0. The van der Waals surface area contributed by atoms with Crippen molar-refractivity contribution in [2.45, 2.75) is 32.8 Å². The molecule has 0 radical (unpaired) electrons. The summed E-state index contributed by atoms with van der Waals surface area (Å²) in [7, 11) is 0. The highest BCUT2D eigenvalue weighted by molar-refractivity contribution is 6.30. The first kappa shape index (κ1) is 14.0. The Kier molecular flexibility index (Phi) is 3.18. The molecule has 110 valence electrons. The quantitative estimate of drug-likeness (QED) is 0.781. The van der Waals surface area contributed by atoms with Crippen LogP contribution < -0.4 is 0 Å². The van der Waals surface area contributed by atoms with Gasteiger partial charge in [-0.3, -0.25) is 0 Å². The molecule has 0 amide bonds. The fourth-order valence-electron chi connectivity index (χ4n) is 1.99. The van der Waals surface area contributed by atoms with E-state index in [1.807, 2.05) is 6.07 Å². The number of rotatable bonds is 2. The molecule has 0 unspecified atom stereocenters. The van der Waals surface area contributed by atoms with E-state index in [1.54, 1.807) is 6.07 Å². The molecular weight excluding hydrogens is 294 g/mol. The molecule has 0 fully saturated rings. The van der Waals surface area contributed by atoms with Crippen molar-refractivity contribution in [1.82, 2.24) is 25.0 Å². The number of nitrogens with zero attached hydrogens (tertiary/aromatic N) is 5. The Morgan fingerprint density at radius 3 is 2.67 bits per heavy atom. The summed E-state index contributed by atoms with van der Waals surface area (Å²) in [5.41, 5.74) is 1.77. The van der Waals surface area contributed by atoms with Crippen molar-refractivity contribution in [2.24, 2.45) is 0 Å². The average Bonchev–Trinajstić information content (AvgIpc) is 3.01. The zero-order chi connectivity index (χ0) is 15.2. The second-order valence-electron chi connectivity index (χ2n) is 5.73. The number of aromatic nitrogens is 5. The van der Waals surface area contributed by atoms with Gasteiger partial charge in [-0.15, -0.1) is 10.2 Å². The lowest BCUT2D eigenvalue weighted by atomic mass is 9.88. The molecule has 0 aromatic carbocycles. The summed E-state index contributed by atoms with van der Waals surface area (Å²) < 4.78 is 6.46. The molecule has 8 heteroatoms. The summed E-state index contributed by atoms with van der Waals surface area (Å²) in [6, 6.07) is 3.45. The van der Waals surface area contributed by atoms with Gasteiger partial charge in [0, 0.05) is 11.6 Å². The summed E-state index contributed by atoms with van der Waals surface area (Å²) >= 11 is 6.27. The molecule has 0 saturated heterocycles. The van der Waals surface area contributed by atoms with Gasteiger partial charge in [-0.25, -0.2) is 0 Å². The number of fused-ring (bicyclic) bond motifs is 1. The van der Waals surface area contributed by atoms with Gasteiger partial charge < -0.3 is 9.63 Å². The lowest BCUT2D eigenvalue weighted by molar-refractivity contribution is 0.229. The van der Waals surface area contributed by atoms with Gasteiger partial charge in [0.05, 0.1) is 0 Å². The summed E-state index contributed by atoms with van der Waals surface area (Å²) in [4.78, 5) is 0. The van der Waals surface area contributed by atoms with Crippen LogP contribution in [0.25, 0.3) is 17.2 Å². The van der Waals surface area contributed by atoms with Crippen molar-refractivity contribution in [1.29, 1.82) is 0 Å². The van der Waals surface area contributed by atoms with Gasteiger partial charge >= 0.3 is 0 Å². The molecule has 1 N–H and O–H groups in total. The predicted molar refractivity (Wildman–Crippen MR) is 75.9 cm³/mol. The van der Waals surface area contributed by atoms with Crippen LogP contribution in [0.5, 0.6) is 0 Å². The maximum absolute atomic E-state index is 9.02. The largest absolute Gasteiger partial charge is 0.388 e. The van der Waals surface area contributed by atoms with Crippen LogP contribution in [0, 0.1) is 0 Å². The fourth-order valence-corrected chi connectivity index (χ4v) is 2.40. The van der Waals surface area contributed by atoms with E-state index in [4.69, 9.17) is 21.2 Å². The Morgan fingerprint density at radius 2 is 2.05 bits per heavy atom. The van der Waals surface area contributed by atoms with E-state index < -0.39 is 0 Å². The first-order valence-corrected chi connectivity index (χ1v) is 6.77. The van der Waals surface area contributed by atoms with Crippen LogP contribution in [0.1, 0.15) is 32.1 Å². The molecule has 0 bridgehead atoms. The van der Waals surface area contributed by atoms with Crippen LogP contribution in [0.4, 0.5) is 0 Å². The maximum Gasteiger partial charge on any atom is 0.207 e. The highest BCUT2D eigenvalue weighted by atomic mass is 35.5. The molecule has 0 atom stereocenters. The first-order valence-electron chi connectivity index (χ1n) is 6.39. The Morgan fingerprint density at radius 1 is 1.29 bits per heavy atom. The van der Waals surface area contributed by atoms with Crippen molar-refractivity contribution in [3.05, 3.63) is 28.6 Å². The molecule has 3 aromatic rings. The van der Waals surface area contributed by atoms with E-state index >= 15 is 0 Å². The van der Waals surface area contributed by atoms with E-state index in [-0.39, 0.29) is 12.0 Å². The topological polar surface area (TPSA) is 89.3 Å². The van der Waals surface area contributed by atoms with Gasteiger partial charge in [0.15, 0.2) is 22.3 Å². The van der Waals surface area contributed by atoms with Crippen molar-refractivity contribution in [2.75, 3.05) is 0 Å². The molecule has 0 spiro atoms. The zero-order valence-corrected chi connectivity index (χ0v) is 12.6. The molecule has 3 aromatic heterocycles. The molecule has 0 aliphatic carbocycles. The Hall–Kier alpha value is -1.99. The van der Waals surface area contributed by atoms with Crippen molar-refractivity contribution in [3.8, 4) is 11.5 Å². The number of aliphatic hydroxyl groups excluding tert-OH is 1. The van der Waals surface area contributed by atoms with Gasteiger partial charge in [0.2, 0.25) is 5.82 Å². The van der Waals surface area contributed by atoms with E-state index in [9.17, 15) is 0 Å². The molecule has 0 saturated carbocycles. The smallest absolute Gasteiger partial charge is 0.207 e. The minimum Gasteiger partial charge on any atom is -0.388 e. The monoisotopic (exact) mass is 307 g/mol. The number of hydrogen-bond donors (Lipinski definition) is 1. The second-order valence-corrected chi connectivity index (χ2v) is 6.09. The second kappa shape index (κ2) is 4.78. The molecule has 3 rings (SSSR count). The van der Waals surface area contributed by atoms with Gasteiger partial charge in [0.25, 0.3) is 0 Å². The van der Waals surface area contributed by atoms with Crippen molar-refractivity contribution >= 4 is 17.2 Å². The Balaban J connectivity index is 2.17. The summed E-state index contributed by atoms with van der Waals surface area (Å²) in [5, 5.41) is 25.7. The molecule has 0 aliphatic rings. The highest BCUT2D eigenvalue weighted by Crippen LogP contribution is 2.29. The summed E-state index contributed by atoms with van der Waals surface area (Å²) in [6.45, 7) is 5.92. The zero-order valence-electron chi connectivity index (χ0n) is 11.8. The standard InChI is InChI=1S/C13H14ClN5O2/c1-13(2,3)8-5-10-15-16-12(19(10)17-11(8)14)9-4-7(6-20)21-18-9/h4-5,20H,6H2,1-3H3. The van der Waals surface area contributed by atoms with Crippen molar-refractivity contribution in [3.63, 3.8) is 0 Å². The minimum absolute atomic E-state index is 0.143. The lowest BCUT2D eigenvalue weighted by Crippen LogP contribution is -2.14. The Labute approximate surface area is 125 Å². The number of aliphatic hydroxyl groups is 1. The molecule has 3 heterocycles. The fraction of sp³-hybridized carbons (Fsp3) is 0.385. The maximum atomic E-state index is 9.02. The van der Waals surface area contributed by atoms with Gasteiger partial charge in [0.1, 0.15) is 6.61 Å². The lowest BCUT2D eigenvalue weighted by Gasteiger charge is -2.19. The third kappa shape index (κ3) is 2.38. The molecule has 0 aliphatic heterocycles. The highest BCUT2D eigenvalue weighted by Gasteiger charge is 2.22. The Bertz CT molecular complexity index is 803. The van der Waals surface area contributed by atoms with Gasteiger partial charge in [-0.05, 0) is 11.5 Å². The average molecular weight is 308 g/mol. The van der Waals surface area contributed by atoms with Gasteiger partial charge in [-0.1, -0.05) is 37.5 Å². The third-order valence-corrected chi connectivity index (χ3v) is 3.38. The first-order chi connectivity index (χ1) is 9.90. The van der Waals surface area contributed by atoms with Crippen LogP contribution >= 0.6 is 11.6 Å². The van der Waals surface area contributed by atoms with Crippen LogP contribution in [-0.2, 0) is 12.0 Å². The molecule has 7 nitrogen and oxygen atoms in total. The van der Waals surface area contributed by atoms with E-state index in [1.165, 1.54) is 4.52 Å². The van der Waals surface area contributed by atoms with E-state index in [2.05, 4.69) is 41.2 Å². The van der Waals surface area contributed by atoms with Crippen LogP contribution in [0.3, 0.4) is 0 Å². The molecular formula is C13H14ClN5O2. The van der Waals surface area contributed by atoms with Crippen LogP contribution in [-0.4, -0.2) is 30.1 Å². The third-order valence-electron chi connectivity index (χ3n) is 3.10. The SMILES string of the molecule is CC(C)(C)c1cc2nnc(-c3cc(CO)on3)n2nc1Cl. The van der Waals surface area contributed by atoms with Crippen LogP contribution in [0.15, 0.2) is 16.7 Å². The number of halogens is 1. The number of hydrogen-bond acceptors (Lipinski definition) is 6. The molecule has 21 heavy (non-hydrogen) atoms. The summed E-state index contributed by atoms with van der Waals surface area (Å²) in [5.74, 6) is 0.759. The van der Waals surface area contributed by atoms with Gasteiger partial charge in [-0.2, -0.15) is 9.61 Å². The predicted octanol–water partition coefficient (Wildman–Crippen LogP) is 2.22. The normalized spacial score (nSPS) is 12.2. The minimum atomic E-state index is -0.230. The van der Waals surface area contributed by atoms with Crippen LogP contribution in [0.2, 0.25) is 5.15 Å². The van der Waals surface area contributed by atoms with E-state index in [0.29, 0.717) is 28.1 Å². The van der Waals surface area contributed by atoms with Crippen molar-refractivity contribution < 1.29 is 9.63 Å².